The molecule has 0 aromatic rings. The lowest BCUT2D eigenvalue weighted by molar-refractivity contribution is 0.0629. The molecule has 0 amide bonds. The van der Waals surface area contributed by atoms with Gasteiger partial charge in [-0.05, 0) is 38.5 Å². The Labute approximate surface area is 119 Å². The van der Waals surface area contributed by atoms with E-state index in [4.69, 9.17) is 0 Å². The average Bonchev–Trinajstić information content (AvgIpc) is 2.47. The molecule has 110 valence electrons. The molecule has 2 heteroatoms. The molecule has 0 radical (unpaired) electrons. The Morgan fingerprint density at radius 2 is 2.05 bits per heavy atom. The molecular formula is C17H32N2. The maximum absolute atomic E-state index is 3.91. The van der Waals surface area contributed by atoms with E-state index in [1.165, 1.54) is 51.6 Å². The van der Waals surface area contributed by atoms with Crippen molar-refractivity contribution >= 4 is 0 Å². The Bertz CT molecular complexity index is 270. The Morgan fingerprint density at radius 1 is 1.32 bits per heavy atom. The average molecular weight is 264 g/mol. The number of nitrogens with one attached hydrogen (secondary N) is 1. The second-order valence-electron chi connectivity index (χ2n) is 6.55. The lowest BCUT2D eigenvalue weighted by Gasteiger charge is -2.46. The van der Waals surface area contributed by atoms with Crippen molar-refractivity contribution in [2.45, 2.75) is 76.9 Å². The minimum Gasteiger partial charge on any atom is -0.311 e. The van der Waals surface area contributed by atoms with Crippen molar-refractivity contribution in [2.24, 2.45) is 5.92 Å². The van der Waals surface area contributed by atoms with Gasteiger partial charge in [-0.3, -0.25) is 4.90 Å². The van der Waals surface area contributed by atoms with Gasteiger partial charge in [-0.15, -0.1) is 6.58 Å². The molecule has 2 nitrogen and oxygen atoms in total. The summed E-state index contributed by atoms with van der Waals surface area (Å²) in [7, 11) is 0. The monoisotopic (exact) mass is 264 g/mol. The highest BCUT2D eigenvalue weighted by atomic mass is 15.3. The number of hydrogen-bond acceptors (Lipinski definition) is 2. The first-order valence-electron chi connectivity index (χ1n) is 8.36. The quantitative estimate of drug-likeness (QED) is 0.764. The summed E-state index contributed by atoms with van der Waals surface area (Å²) >= 11 is 0. The van der Waals surface area contributed by atoms with E-state index in [0.29, 0.717) is 6.04 Å². The number of rotatable bonds is 5. The van der Waals surface area contributed by atoms with Crippen LogP contribution in [0.1, 0.15) is 58.8 Å². The fourth-order valence-electron chi connectivity index (χ4n) is 3.99. The molecule has 1 aliphatic heterocycles. The normalized spacial score (nSPS) is 32.1. The van der Waals surface area contributed by atoms with Crippen LogP contribution in [0.15, 0.2) is 12.7 Å². The molecular weight excluding hydrogens is 232 g/mol. The molecule has 0 aromatic heterocycles. The zero-order valence-electron chi connectivity index (χ0n) is 12.9. The van der Waals surface area contributed by atoms with Crippen molar-refractivity contribution in [1.82, 2.24) is 10.2 Å². The second-order valence-corrected chi connectivity index (χ2v) is 6.55. The molecule has 0 spiro atoms. The molecule has 1 aliphatic carbocycles. The predicted octanol–water partition coefficient (Wildman–Crippen LogP) is 3.58. The lowest BCUT2D eigenvalue weighted by atomic mass is 9.82. The van der Waals surface area contributed by atoms with Crippen LogP contribution in [0.4, 0.5) is 0 Å². The van der Waals surface area contributed by atoms with E-state index in [1.54, 1.807) is 0 Å². The van der Waals surface area contributed by atoms with E-state index in [9.17, 15) is 0 Å². The van der Waals surface area contributed by atoms with Crippen LogP contribution >= 0.6 is 0 Å². The first-order valence-corrected chi connectivity index (χ1v) is 8.36. The lowest BCUT2D eigenvalue weighted by Crippen LogP contribution is -2.60. The summed E-state index contributed by atoms with van der Waals surface area (Å²) in [6.45, 7) is 11.0. The highest BCUT2D eigenvalue weighted by Crippen LogP contribution is 2.29. The van der Waals surface area contributed by atoms with E-state index in [0.717, 1.165) is 24.4 Å². The number of piperazine rings is 1. The van der Waals surface area contributed by atoms with Crippen molar-refractivity contribution in [3.8, 4) is 0 Å². The minimum atomic E-state index is 0.649. The van der Waals surface area contributed by atoms with Gasteiger partial charge < -0.3 is 5.32 Å². The first kappa shape index (κ1) is 15.1. The van der Waals surface area contributed by atoms with Crippen LogP contribution in [-0.2, 0) is 0 Å². The smallest absolute Gasteiger partial charge is 0.0224 e. The summed E-state index contributed by atoms with van der Waals surface area (Å²) in [6.07, 6.45) is 11.7. The maximum atomic E-state index is 3.91. The molecule has 0 bridgehead atoms. The maximum Gasteiger partial charge on any atom is 0.0224 e. The zero-order valence-corrected chi connectivity index (χ0v) is 12.9. The van der Waals surface area contributed by atoms with Crippen LogP contribution in [-0.4, -0.2) is 36.1 Å². The van der Waals surface area contributed by atoms with E-state index < -0.39 is 0 Å². The fraction of sp³-hybridized carbons (Fsp3) is 0.882. The second kappa shape index (κ2) is 7.44. The van der Waals surface area contributed by atoms with Gasteiger partial charge in [0.2, 0.25) is 0 Å². The van der Waals surface area contributed by atoms with Gasteiger partial charge in [0.05, 0.1) is 0 Å². The van der Waals surface area contributed by atoms with Crippen LogP contribution in [0.2, 0.25) is 0 Å². The van der Waals surface area contributed by atoms with E-state index >= 15 is 0 Å². The topological polar surface area (TPSA) is 15.3 Å². The molecule has 2 aliphatic rings. The van der Waals surface area contributed by atoms with Crippen LogP contribution in [0.25, 0.3) is 0 Å². The summed E-state index contributed by atoms with van der Waals surface area (Å²) in [5.41, 5.74) is 0. The molecule has 3 atom stereocenters. The molecule has 2 fully saturated rings. The van der Waals surface area contributed by atoms with Crippen molar-refractivity contribution in [3.63, 3.8) is 0 Å². The van der Waals surface area contributed by atoms with Crippen molar-refractivity contribution in [3.05, 3.63) is 12.7 Å². The van der Waals surface area contributed by atoms with Crippen LogP contribution in [0.5, 0.6) is 0 Å². The van der Waals surface area contributed by atoms with Crippen LogP contribution < -0.4 is 5.32 Å². The third kappa shape index (κ3) is 3.82. The van der Waals surface area contributed by atoms with Crippen molar-refractivity contribution in [2.75, 3.05) is 13.1 Å². The predicted molar refractivity (Wildman–Crippen MR) is 83.4 cm³/mol. The first-order chi connectivity index (χ1) is 9.26. The standard InChI is InChI=1S/C17H32N2/c1-4-9-14(3)19-13-17(18-12-16(19)5-2)15-10-7-6-8-11-15/h4,14-18H,1,5-13H2,2-3H3. The van der Waals surface area contributed by atoms with Crippen LogP contribution in [0, 0.1) is 5.92 Å². The van der Waals surface area contributed by atoms with Gasteiger partial charge >= 0.3 is 0 Å². The highest BCUT2D eigenvalue weighted by molar-refractivity contribution is 4.93. The summed E-state index contributed by atoms with van der Waals surface area (Å²) in [6, 6.07) is 2.10. The molecule has 19 heavy (non-hydrogen) atoms. The SMILES string of the molecule is C=CCC(C)N1CC(C2CCCCC2)NCC1CC. The van der Waals surface area contributed by atoms with Gasteiger partial charge in [0.15, 0.2) is 0 Å². The molecule has 1 N–H and O–H groups in total. The molecule has 1 saturated heterocycles. The largest absolute Gasteiger partial charge is 0.311 e. The molecule has 1 saturated carbocycles. The Hall–Kier alpha value is -0.340. The van der Waals surface area contributed by atoms with E-state index in [2.05, 4.69) is 36.7 Å². The van der Waals surface area contributed by atoms with Gasteiger partial charge in [-0.1, -0.05) is 32.3 Å². The Kier molecular flexibility index (Phi) is 5.90. The van der Waals surface area contributed by atoms with Gasteiger partial charge in [-0.2, -0.15) is 0 Å². The van der Waals surface area contributed by atoms with Gasteiger partial charge in [0, 0.05) is 31.2 Å². The zero-order chi connectivity index (χ0) is 13.7. The Balaban J connectivity index is 1.95. The third-order valence-corrected chi connectivity index (χ3v) is 5.26. The molecule has 1 heterocycles. The highest BCUT2D eigenvalue weighted by Gasteiger charge is 2.33. The molecule has 2 rings (SSSR count). The Morgan fingerprint density at radius 3 is 2.68 bits per heavy atom. The summed E-state index contributed by atoms with van der Waals surface area (Å²) in [5.74, 6) is 0.921. The van der Waals surface area contributed by atoms with E-state index in [-0.39, 0.29) is 0 Å². The molecule has 3 unspecified atom stereocenters. The molecule has 0 aromatic carbocycles. The third-order valence-electron chi connectivity index (χ3n) is 5.26. The van der Waals surface area contributed by atoms with Gasteiger partial charge in [0.1, 0.15) is 0 Å². The number of nitrogens with zero attached hydrogens (tertiary/aromatic N) is 1. The van der Waals surface area contributed by atoms with Crippen molar-refractivity contribution in [1.29, 1.82) is 0 Å². The summed E-state index contributed by atoms with van der Waals surface area (Å²) in [4.78, 5) is 2.75. The number of hydrogen-bond donors (Lipinski definition) is 1. The van der Waals surface area contributed by atoms with Gasteiger partial charge in [0.25, 0.3) is 0 Å². The van der Waals surface area contributed by atoms with Crippen LogP contribution in [0.3, 0.4) is 0 Å². The van der Waals surface area contributed by atoms with Crippen molar-refractivity contribution < 1.29 is 0 Å². The minimum absolute atomic E-state index is 0.649. The van der Waals surface area contributed by atoms with E-state index in [1.807, 2.05) is 0 Å². The summed E-state index contributed by atoms with van der Waals surface area (Å²) in [5, 5.41) is 3.85. The van der Waals surface area contributed by atoms with Gasteiger partial charge in [-0.25, -0.2) is 0 Å². The fourth-order valence-corrected chi connectivity index (χ4v) is 3.99. The summed E-state index contributed by atoms with van der Waals surface area (Å²) < 4.78 is 0.